The molecule has 0 unspecified atom stereocenters. The monoisotopic (exact) mass is 307 g/mol. The minimum absolute atomic E-state index is 0.0370. The van der Waals surface area contributed by atoms with Crippen molar-refractivity contribution in [3.8, 4) is 0 Å². The van der Waals surface area contributed by atoms with Crippen LogP contribution in [0.1, 0.15) is 17.3 Å². The topological polar surface area (TPSA) is 30.0 Å². The van der Waals surface area contributed by atoms with Gasteiger partial charge in [-0.3, -0.25) is 4.79 Å². The van der Waals surface area contributed by atoms with Gasteiger partial charge in [-0.1, -0.05) is 23.9 Å². The van der Waals surface area contributed by atoms with Crippen LogP contribution in [0, 0.1) is 0 Å². The average Bonchev–Trinajstić information content (AvgIpc) is 2.33. The molecule has 0 aliphatic heterocycles. The summed E-state index contributed by atoms with van der Waals surface area (Å²) in [7, 11) is 0. The molecule has 0 spiro atoms. The SMILES string of the molecule is CC(=O)c1ccc(Sc2ccccc2Br)nc1. The first-order chi connectivity index (χ1) is 8.16. The number of aromatic nitrogens is 1. The molecule has 0 radical (unpaired) electrons. The molecule has 0 N–H and O–H groups in total. The van der Waals surface area contributed by atoms with E-state index in [-0.39, 0.29) is 5.78 Å². The van der Waals surface area contributed by atoms with Crippen LogP contribution < -0.4 is 0 Å². The van der Waals surface area contributed by atoms with E-state index in [9.17, 15) is 4.79 Å². The summed E-state index contributed by atoms with van der Waals surface area (Å²) in [5.74, 6) is 0.0370. The van der Waals surface area contributed by atoms with Crippen molar-refractivity contribution >= 4 is 33.5 Å². The molecular formula is C13H10BrNOS. The first kappa shape index (κ1) is 12.3. The Morgan fingerprint density at radius 1 is 1.24 bits per heavy atom. The van der Waals surface area contributed by atoms with Crippen molar-refractivity contribution in [1.82, 2.24) is 4.98 Å². The highest BCUT2D eigenvalue weighted by Gasteiger charge is 2.04. The Morgan fingerprint density at radius 3 is 2.59 bits per heavy atom. The fourth-order valence-corrected chi connectivity index (χ4v) is 2.60. The lowest BCUT2D eigenvalue weighted by Crippen LogP contribution is -1.92. The highest BCUT2D eigenvalue weighted by molar-refractivity contribution is 9.10. The van der Waals surface area contributed by atoms with E-state index in [1.165, 1.54) is 6.92 Å². The number of hydrogen-bond acceptors (Lipinski definition) is 3. The van der Waals surface area contributed by atoms with Crippen LogP contribution in [-0.2, 0) is 0 Å². The summed E-state index contributed by atoms with van der Waals surface area (Å²) in [6.45, 7) is 1.54. The number of carbonyl (C=O) groups excluding carboxylic acids is 1. The molecular weight excluding hydrogens is 298 g/mol. The molecule has 4 heteroatoms. The normalized spacial score (nSPS) is 10.2. The van der Waals surface area contributed by atoms with Crippen molar-refractivity contribution in [2.45, 2.75) is 16.8 Å². The summed E-state index contributed by atoms with van der Waals surface area (Å²) in [6, 6.07) is 11.6. The van der Waals surface area contributed by atoms with Gasteiger partial charge in [-0.2, -0.15) is 0 Å². The number of carbonyl (C=O) groups is 1. The predicted octanol–water partition coefficient (Wildman–Crippen LogP) is 4.20. The molecule has 0 saturated heterocycles. The lowest BCUT2D eigenvalue weighted by atomic mass is 10.2. The van der Waals surface area contributed by atoms with E-state index in [0.717, 1.165) is 14.4 Å². The summed E-state index contributed by atoms with van der Waals surface area (Å²) >= 11 is 5.05. The summed E-state index contributed by atoms with van der Waals surface area (Å²) in [4.78, 5) is 16.5. The second-order valence-corrected chi connectivity index (χ2v) is 5.39. The van der Waals surface area contributed by atoms with Crippen molar-refractivity contribution in [3.05, 3.63) is 52.6 Å². The fraction of sp³-hybridized carbons (Fsp3) is 0.0769. The van der Waals surface area contributed by atoms with Crippen LogP contribution in [0.25, 0.3) is 0 Å². The van der Waals surface area contributed by atoms with Crippen LogP contribution in [0.4, 0.5) is 0 Å². The average molecular weight is 308 g/mol. The van der Waals surface area contributed by atoms with Crippen molar-refractivity contribution < 1.29 is 4.79 Å². The van der Waals surface area contributed by atoms with E-state index in [1.54, 1.807) is 24.0 Å². The standard InChI is InChI=1S/C13H10BrNOS/c1-9(16)10-6-7-13(15-8-10)17-12-5-3-2-4-11(12)14/h2-8H,1H3. The van der Waals surface area contributed by atoms with Crippen LogP contribution in [0.2, 0.25) is 0 Å². The number of hydrogen-bond donors (Lipinski definition) is 0. The van der Waals surface area contributed by atoms with Crippen LogP contribution in [0.15, 0.2) is 57.0 Å². The van der Waals surface area contributed by atoms with Crippen molar-refractivity contribution in [3.63, 3.8) is 0 Å². The molecule has 1 heterocycles. The largest absolute Gasteiger partial charge is 0.294 e. The van der Waals surface area contributed by atoms with Crippen LogP contribution >= 0.6 is 27.7 Å². The molecule has 86 valence electrons. The zero-order valence-corrected chi connectivity index (χ0v) is 11.6. The van der Waals surface area contributed by atoms with Gasteiger partial charge in [-0.05, 0) is 47.1 Å². The number of benzene rings is 1. The highest BCUT2D eigenvalue weighted by atomic mass is 79.9. The number of Topliss-reactive ketones (excluding diaryl/α,β-unsaturated/α-hetero) is 1. The van der Waals surface area contributed by atoms with Gasteiger partial charge in [0.2, 0.25) is 0 Å². The van der Waals surface area contributed by atoms with Crippen molar-refractivity contribution in [2.24, 2.45) is 0 Å². The minimum Gasteiger partial charge on any atom is -0.294 e. The van der Waals surface area contributed by atoms with E-state index >= 15 is 0 Å². The van der Waals surface area contributed by atoms with Crippen LogP contribution in [-0.4, -0.2) is 10.8 Å². The van der Waals surface area contributed by atoms with E-state index in [4.69, 9.17) is 0 Å². The fourth-order valence-electron chi connectivity index (χ4n) is 1.29. The summed E-state index contributed by atoms with van der Waals surface area (Å²) < 4.78 is 1.04. The molecule has 0 aliphatic carbocycles. The number of nitrogens with zero attached hydrogens (tertiary/aromatic N) is 1. The Hall–Kier alpha value is -1.13. The highest BCUT2D eigenvalue weighted by Crippen LogP contribution is 2.31. The van der Waals surface area contributed by atoms with Gasteiger partial charge in [0.15, 0.2) is 5.78 Å². The lowest BCUT2D eigenvalue weighted by Gasteiger charge is -2.03. The number of halogens is 1. The molecule has 0 fully saturated rings. The molecule has 2 aromatic rings. The molecule has 0 atom stereocenters. The Balaban J connectivity index is 2.20. The van der Waals surface area contributed by atoms with E-state index in [1.807, 2.05) is 30.3 Å². The Bertz CT molecular complexity index is 539. The quantitative estimate of drug-likeness (QED) is 0.796. The van der Waals surface area contributed by atoms with Crippen LogP contribution in [0.3, 0.4) is 0 Å². The predicted molar refractivity (Wildman–Crippen MR) is 72.5 cm³/mol. The second kappa shape index (κ2) is 5.47. The van der Waals surface area contributed by atoms with E-state index in [2.05, 4.69) is 20.9 Å². The number of rotatable bonds is 3. The molecule has 2 nitrogen and oxygen atoms in total. The molecule has 0 aliphatic rings. The van der Waals surface area contributed by atoms with Gasteiger partial charge in [-0.15, -0.1) is 0 Å². The molecule has 0 amide bonds. The Kier molecular flexibility index (Phi) is 3.97. The molecule has 1 aromatic heterocycles. The van der Waals surface area contributed by atoms with Crippen molar-refractivity contribution in [1.29, 1.82) is 0 Å². The van der Waals surface area contributed by atoms with Gasteiger partial charge in [-0.25, -0.2) is 4.98 Å². The zero-order chi connectivity index (χ0) is 12.3. The maximum atomic E-state index is 11.1. The summed E-state index contributed by atoms with van der Waals surface area (Å²) in [5, 5.41) is 0.877. The summed E-state index contributed by atoms with van der Waals surface area (Å²) in [5.41, 5.74) is 0.640. The van der Waals surface area contributed by atoms with E-state index < -0.39 is 0 Å². The third-order valence-corrected chi connectivity index (χ3v) is 4.17. The Labute approximate surface area is 113 Å². The lowest BCUT2D eigenvalue weighted by molar-refractivity contribution is 0.101. The third-order valence-electron chi connectivity index (χ3n) is 2.19. The molecule has 17 heavy (non-hydrogen) atoms. The zero-order valence-electron chi connectivity index (χ0n) is 9.18. The van der Waals surface area contributed by atoms with Gasteiger partial charge in [0, 0.05) is 21.1 Å². The minimum atomic E-state index is 0.0370. The number of ketones is 1. The maximum Gasteiger partial charge on any atom is 0.161 e. The van der Waals surface area contributed by atoms with E-state index in [0.29, 0.717) is 5.56 Å². The van der Waals surface area contributed by atoms with Gasteiger partial charge in [0.05, 0.1) is 0 Å². The molecule has 2 rings (SSSR count). The molecule has 0 bridgehead atoms. The van der Waals surface area contributed by atoms with Crippen molar-refractivity contribution in [2.75, 3.05) is 0 Å². The summed E-state index contributed by atoms with van der Waals surface area (Å²) in [6.07, 6.45) is 1.61. The van der Waals surface area contributed by atoms with Gasteiger partial charge >= 0.3 is 0 Å². The third kappa shape index (κ3) is 3.17. The van der Waals surface area contributed by atoms with Gasteiger partial charge in [0.1, 0.15) is 5.03 Å². The van der Waals surface area contributed by atoms with Gasteiger partial charge in [0.25, 0.3) is 0 Å². The Morgan fingerprint density at radius 2 is 2.00 bits per heavy atom. The molecule has 0 saturated carbocycles. The first-order valence-corrected chi connectivity index (χ1v) is 6.67. The van der Waals surface area contributed by atoms with Crippen LogP contribution in [0.5, 0.6) is 0 Å². The smallest absolute Gasteiger partial charge is 0.161 e. The van der Waals surface area contributed by atoms with Gasteiger partial charge < -0.3 is 0 Å². The first-order valence-electron chi connectivity index (χ1n) is 5.06. The molecule has 1 aromatic carbocycles. The second-order valence-electron chi connectivity index (χ2n) is 3.47. The number of pyridine rings is 1. The maximum absolute atomic E-state index is 11.1.